The number of halogens is 1. The van der Waals surface area contributed by atoms with Gasteiger partial charge in [-0.2, -0.15) is 0 Å². The maximum absolute atomic E-state index is 12.8. The van der Waals surface area contributed by atoms with Gasteiger partial charge in [-0.1, -0.05) is 29.8 Å². The maximum Gasteiger partial charge on any atom is 0.159 e. The second-order valence-corrected chi connectivity index (χ2v) is 9.57. The number of hydrogen-bond donors (Lipinski definition) is 0. The van der Waals surface area contributed by atoms with Crippen molar-refractivity contribution in [2.45, 2.75) is 57.2 Å². The molecule has 0 aromatic rings. The van der Waals surface area contributed by atoms with E-state index in [1.807, 2.05) is 0 Å². The molecule has 23 heavy (non-hydrogen) atoms. The minimum absolute atomic E-state index is 0.0518. The molecule has 4 aliphatic carbocycles. The van der Waals surface area contributed by atoms with E-state index in [-0.39, 0.29) is 27.2 Å². The van der Waals surface area contributed by atoms with Gasteiger partial charge in [0, 0.05) is 23.8 Å². The third-order valence-corrected chi connectivity index (χ3v) is 8.28. The maximum atomic E-state index is 12.8. The molecule has 4 aliphatic rings. The molecule has 0 heterocycles. The molecule has 0 saturated heterocycles. The van der Waals surface area contributed by atoms with Crippen molar-refractivity contribution in [3.63, 3.8) is 0 Å². The van der Waals surface area contributed by atoms with Gasteiger partial charge in [0.15, 0.2) is 17.3 Å². The molecule has 0 aromatic carbocycles. The summed E-state index contributed by atoms with van der Waals surface area (Å²) >= 11 is 3.56. The van der Waals surface area contributed by atoms with Crippen molar-refractivity contribution in [1.29, 1.82) is 0 Å². The molecule has 0 radical (unpaired) electrons. The Morgan fingerprint density at radius 3 is 2.57 bits per heavy atom. The third-order valence-electron chi connectivity index (χ3n) is 7.49. The molecule has 124 valence electrons. The number of Topliss-reactive ketones (excluding diaryl/α,β-unsaturated/α-hetero) is 2. The monoisotopic (exact) mass is 378 g/mol. The lowest BCUT2D eigenvalue weighted by molar-refractivity contribution is -0.138. The van der Waals surface area contributed by atoms with E-state index in [0.717, 1.165) is 31.3 Å². The van der Waals surface area contributed by atoms with E-state index in [1.165, 1.54) is 0 Å². The van der Waals surface area contributed by atoms with Gasteiger partial charge in [0.1, 0.15) is 0 Å². The number of carbonyl (C=O) groups excluding carboxylic acids is 3. The molecule has 0 unspecified atom stereocenters. The lowest BCUT2D eigenvalue weighted by Gasteiger charge is -2.55. The van der Waals surface area contributed by atoms with Crippen LogP contribution >= 0.6 is 15.9 Å². The number of alkyl halides is 1. The van der Waals surface area contributed by atoms with E-state index in [9.17, 15) is 14.4 Å². The topological polar surface area (TPSA) is 51.2 Å². The second-order valence-electron chi connectivity index (χ2n) is 8.47. The smallest absolute Gasteiger partial charge is 0.159 e. The number of allylic oxidation sites excluding steroid dienone is 1. The first-order chi connectivity index (χ1) is 10.8. The van der Waals surface area contributed by atoms with Crippen molar-refractivity contribution in [3.05, 3.63) is 11.6 Å². The Morgan fingerprint density at radius 2 is 1.83 bits per heavy atom. The summed E-state index contributed by atoms with van der Waals surface area (Å²) in [5.41, 5.74) is 0.346. The number of hydrogen-bond acceptors (Lipinski definition) is 3. The molecule has 0 bridgehead atoms. The molecule has 4 heteroatoms. The fourth-order valence-electron chi connectivity index (χ4n) is 6.14. The average Bonchev–Trinajstić information content (AvgIpc) is 2.73. The van der Waals surface area contributed by atoms with Crippen LogP contribution in [0.1, 0.15) is 52.4 Å². The zero-order valence-electron chi connectivity index (χ0n) is 13.7. The Balaban J connectivity index is 1.76. The van der Waals surface area contributed by atoms with Crippen LogP contribution in [0.3, 0.4) is 0 Å². The molecule has 4 rings (SSSR count). The number of carbonyl (C=O) groups is 3. The normalized spacial score (nSPS) is 49.3. The van der Waals surface area contributed by atoms with Crippen LogP contribution < -0.4 is 0 Å². The molecule has 0 amide bonds. The zero-order chi connectivity index (χ0) is 16.6. The fourth-order valence-corrected chi connectivity index (χ4v) is 7.06. The van der Waals surface area contributed by atoms with Gasteiger partial charge in [-0.25, -0.2) is 0 Å². The summed E-state index contributed by atoms with van der Waals surface area (Å²) in [6, 6.07) is 0. The van der Waals surface area contributed by atoms with Crippen LogP contribution in [-0.4, -0.2) is 22.2 Å². The van der Waals surface area contributed by atoms with Crippen molar-refractivity contribution < 1.29 is 14.4 Å². The summed E-state index contributed by atoms with van der Waals surface area (Å²) in [7, 11) is 0. The Hall–Kier alpha value is -0.770. The summed E-state index contributed by atoms with van der Waals surface area (Å²) in [6.45, 7) is 4.30. The molecule has 3 fully saturated rings. The van der Waals surface area contributed by atoms with Gasteiger partial charge < -0.3 is 0 Å². The molecule has 0 aliphatic heterocycles. The van der Waals surface area contributed by atoms with Gasteiger partial charge in [-0.05, 0) is 54.9 Å². The van der Waals surface area contributed by atoms with E-state index < -0.39 is 0 Å². The van der Waals surface area contributed by atoms with Crippen LogP contribution in [-0.2, 0) is 14.4 Å². The highest BCUT2D eigenvalue weighted by atomic mass is 79.9. The van der Waals surface area contributed by atoms with Crippen LogP contribution in [0.25, 0.3) is 0 Å². The van der Waals surface area contributed by atoms with Crippen LogP contribution in [0.5, 0.6) is 0 Å². The van der Waals surface area contributed by atoms with Gasteiger partial charge in [0.25, 0.3) is 0 Å². The Labute approximate surface area is 145 Å². The highest BCUT2D eigenvalue weighted by molar-refractivity contribution is 9.10. The van der Waals surface area contributed by atoms with Gasteiger partial charge >= 0.3 is 0 Å². The Morgan fingerprint density at radius 1 is 1.09 bits per heavy atom. The quantitative estimate of drug-likeness (QED) is 0.604. The van der Waals surface area contributed by atoms with Gasteiger partial charge in [0.2, 0.25) is 0 Å². The first-order valence-electron chi connectivity index (χ1n) is 8.74. The molecular weight excluding hydrogens is 356 g/mol. The first kappa shape index (κ1) is 15.7. The molecule has 0 N–H and O–H groups in total. The fraction of sp³-hybridized carbons (Fsp3) is 0.737. The van der Waals surface area contributed by atoms with E-state index in [2.05, 4.69) is 29.8 Å². The van der Waals surface area contributed by atoms with Crippen molar-refractivity contribution in [3.8, 4) is 0 Å². The predicted octanol–water partition coefficient (Wildman–Crippen LogP) is 3.64. The van der Waals surface area contributed by atoms with Crippen LogP contribution in [0.15, 0.2) is 11.6 Å². The largest absolute Gasteiger partial charge is 0.298 e. The van der Waals surface area contributed by atoms with Crippen molar-refractivity contribution in [2.75, 3.05) is 0 Å². The van der Waals surface area contributed by atoms with Crippen LogP contribution in [0, 0.1) is 28.6 Å². The first-order valence-corrected chi connectivity index (χ1v) is 9.65. The third kappa shape index (κ3) is 1.96. The standard InChI is InChI=1S/C19H23BrO3/c1-18-5-3-10(21)7-14(18)16(22)8-11-12(18)4-6-19(2)13(11)9-15(20)17(19)23/h7,11-13,15H,3-6,8-9H2,1-2H3/t11-,12+,13+,15-,18-,19+/m1/s1. The second kappa shape index (κ2) is 4.87. The lowest BCUT2D eigenvalue weighted by Crippen LogP contribution is -2.53. The van der Waals surface area contributed by atoms with Gasteiger partial charge in [-0.15, -0.1) is 0 Å². The van der Waals surface area contributed by atoms with Crippen molar-refractivity contribution in [1.82, 2.24) is 0 Å². The van der Waals surface area contributed by atoms with Crippen molar-refractivity contribution in [2.24, 2.45) is 28.6 Å². The molecule has 0 spiro atoms. The van der Waals surface area contributed by atoms with E-state index in [1.54, 1.807) is 6.08 Å². The number of rotatable bonds is 0. The minimum Gasteiger partial charge on any atom is -0.298 e. The van der Waals surface area contributed by atoms with E-state index in [4.69, 9.17) is 0 Å². The molecular formula is C19H23BrO3. The van der Waals surface area contributed by atoms with E-state index >= 15 is 0 Å². The average molecular weight is 379 g/mol. The highest BCUT2D eigenvalue weighted by Gasteiger charge is 2.62. The lowest BCUT2D eigenvalue weighted by atomic mass is 9.47. The highest BCUT2D eigenvalue weighted by Crippen LogP contribution is 2.64. The molecule has 6 atom stereocenters. The van der Waals surface area contributed by atoms with Gasteiger partial charge in [0.05, 0.1) is 4.83 Å². The molecule has 3 saturated carbocycles. The summed E-state index contributed by atoms with van der Waals surface area (Å²) in [5, 5.41) is 0. The van der Waals surface area contributed by atoms with Gasteiger partial charge in [-0.3, -0.25) is 14.4 Å². The SMILES string of the molecule is C[C@]12CCC(=O)C=C1C(=O)C[C@@H]1[C@@H]2CC[C@]2(C)C(=O)[C@H](Br)C[C@@H]12. The molecule has 0 aromatic heterocycles. The van der Waals surface area contributed by atoms with E-state index in [0.29, 0.717) is 36.4 Å². The minimum atomic E-state index is -0.266. The number of fused-ring (bicyclic) bond motifs is 5. The molecule has 3 nitrogen and oxygen atoms in total. The summed E-state index contributed by atoms with van der Waals surface area (Å²) in [4.78, 5) is 37.2. The summed E-state index contributed by atoms with van der Waals surface area (Å²) in [6.07, 6.45) is 6.27. The van der Waals surface area contributed by atoms with Crippen molar-refractivity contribution >= 4 is 33.3 Å². The number of ketones is 3. The Bertz CT molecular complexity index is 651. The summed E-state index contributed by atoms with van der Waals surface area (Å²) < 4.78 is 0. The summed E-state index contributed by atoms with van der Waals surface area (Å²) in [5.74, 6) is 1.61. The predicted molar refractivity (Wildman–Crippen MR) is 90.2 cm³/mol. The van der Waals surface area contributed by atoms with Crippen LogP contribution in [0.4, 0.5) is 0 Å². The van der Waals surface area contributed by atoms with Crippen LogP contribution in [0.2, 0.25) is 0 Å². The zero-order valence-corrected chi connectivity index (χ0v) is 15.3. The Kier molecular flexibility index (Phi) is 3.33.